The highest BCUT2D eigenvalue weighted by Gasteiger charge is 2.70. The maximum absolute atomic E-state index is 12.8. The van der Waals surface area contributed by atoms with Gasteiger partial charge in [-0.3, -0.25) is 4.79 Å². The molecule has 4 saturated carbocycles. The number of hydrogen-bond donors (Lipinski definition) is 3. The van der Waals surface area contributed by atoms with Crippen molar-refractivity contribution in [1.29, 1.82) is 0 Å². The van der Waals surface area contributed by atoms with Crippen LogP contribution in [0, 0.1) is 50.2 Å². The first kappa shape index (κ1) is 24.8. The molecule has 0 amide bonds. The van der Waals surface area contributed by atoms with E-state index in [1.165, 1.54) is 5.57 Å². The van der Waals surface area contributed by atoms with Crippen molar-refractivity contribution in [3.05, 3.63) is 11.6 Å². The summed E-state index contributed by atoms with van der Waals surface area (Å²) in [6, 6.07) is 0. The third-order valence-electron chi connectivity index (χ3n) is 13.0. The lowest BCUT2D eigenvalue weighted by atomic mass is 9.33. The van der Waals surface area contributed by atoms with Crippen molar-refractivity contribution in [2.75, 3.05) is 0 Å². The van der Waals surface area contributed by atoms with Gasteiger partial charge in [-0.25, -0.2) is 0 Å². The Labute approximate surface area is 206 Å². The second kappa shape index (κ2) is 7.12. The third kappa shape index (κ3) is 2.88. The number of allylic oxidation sites excluding steroid dienone is 2. The average molecular weight is 473 g/mol. The minimum Gasteiger partial charge on any atom is -0.481 e. The standard InChI is InChI=1S/C30H48O4/c1-25(2)12-14-30(24(33)34)15-13-28(6)18(19(30)16-25)8-9-22-27(5)17-20(31)23(32)26(3,4)21(27)10-11-29(22,28)7/h8,19-23,31-32H,9-17H2,1-7H3,(H,33,34)/t19-,20?,21?,22?,23?,27-,28?,29+,30-/m0/s1. The van der Waals surface area contributed by atoms with Gasteiger partial charge in [0, 0.05) is 0 Å². The summed E-state index contributed by atoms with van der Waals surface area (Å²) in [4.78, 5) is 12.8. The zero-order valence-electron chi connectivity index (χ0n) is 22.6. The predicted octanol–water partition coefficient (Wildman–Crippen LogP) is 6.20. The number of aliphatic carboxylic acids is 1. The fourth-order valence-electron chi connectivity index (χ4n) is 10.8. The molecule has 0 radical (unpaired) electrons. The molecule has 0 aromatic rings. The van der Waals surface area contributed by atoms with E-state index in [0.717, 1.165) is 51.4 Å². The molecule has 5 rings (SSSR count). The summed E-state index contributed by atoms with van der Waals surface area (Å²) < 4.78 is 0. The molecule has 34 heavy (non-hydrogen) atoms. The van der Waals surface area contributed by atoms with Gasteiger partial charge < -0.3 is 15.3 Å². The van der Waals surface area contributed by atoms with E-state index in [2.05, 4.69) is 54.5 Å². The van der Waals surface area contributed by atoms with Gasteiger partial charge in [0.25, 0.3) is 0 Å². The molecule has 0 saturated heterocycles. The number of hydrogen-bond acceptors (Lipinski definition) is 3. The number of aliphatic hydroxyl groups excluding tert-OH is 2. The zero-order chi connectivity index (χ0) is 25.1. The lowest BCUT2D eigenvalue weighted by Crippen LogP contribution is -2.67. The van der Waals surface area contributed by atoms with Gasteiger partial charge in [0.15, 0.2) is 0 Å². The second-order valence-corrected chi connectivity index (χ2v) is 15.2. The summed E-state index contributed by atoms with van der Waals surface area (Å²) in [6.45, 7) is 16.3. The van der Waals surface area contributed by atoms with E-state index >= 15 is 0 Å². The number of carbonyl (C=O) groups is 1. The predicted molar refractivity (Wildman–Crippen MR) is 134 cm³/mol. The molecule has 0 aliphatic heterocycles. The van der Waals surface area contributed by atoms with E-state index in [9.17, 15) is 20.1 Å². The van der Waals surface area contributed by atoms with Crippen LogP contribution in [0.4, 0.5) is 0 Å². The SMILES string of the molecule is CC1(C)CC[C@]2(C(=O)O)CCC3(C)C(=CCC4[C@@]5(C)CC(O)C(O)C(C)(C)C5CC[C@]43C)[C@@H]2C1. The monoisotopic (exact) mass is 472 g/mol. The molecule has 5 unspecified atom stereocenters. The van der Waals surface area contributed by atoms with Crippen LogP contribution in [0.3, 0.4) is 0 Å². The van der Waals surface area contributed by atoms with Gasteiger partial charge in [0.05, 0.1) is 17.6 Å². The van der Waals surface area contributed by atoms with Crippen molar-refractivity contribution in [3.63, 3.8) is 0 Å². The first-order valence-corrected chi connectivity index (χ1v) is 13.9. The Morgan fingerprint density at radius 1 is 0.882 bits per heavy atom. The summed E-state index contributed by atoms with van der Waals surface area (Å²) in [6.07, 6.45) is 9.45. The molecule has 3 N–H and O–H groups in total. The van der Waals surface area contributed by atoms with Crippen LogP contribution >= 0.6 is 0 Å². The maximum atomic E-state index is 12.8. The van der Waals surface area contributed by atoms with E-state index < -0.39 is 23.6 Å². The van der Waals surface area contributed by atoms with E-state index in [0.29, 0.717) is 18.3 Å². The molecule has 5 aliphatic carbocycles. The Hall–Kier alpha value is -0.870. The summed E-state index contributed by atoms with van der Waals surface area (Å²) in [5, 5.41) is 32.4. The topological polar surface area (TPSA) is 77.8 Å². The van der Waals surface area contributed by atoms with Gasteiger partial charge in [-0.15, -0.1) is 0 Å². The molecule has 0 aromatic heterocycles. The van der Waals surface area contributed by atoms with Crippen LogP contribution in [-0.2, 0) is 4.79 Å². The van der Waals surface area contributed by atoms with Gasteiger partial charge in [-0.2, -0.15) is 0 Å². The number of rotatable bonds is 1. The summed E-state index contributed by atoms with van der Waals surface area (Å²) in [5.41, 5.74) is 0.754. The van der Waals surface area contributed by atoms with E-state index in [1.54, 1.807) is 0 Å². The van der Waals surface area contributed by atoms with Crippen molar-refractivity contribution in [3.8, 4) is 0 Å². The molecular formula is C30H48O4. The molecular weight excluding hydrogens is 424 g/mol. The Kier molecular flexibility index (Phi) is 5.20. The molecule has 9 atom stereocenters. The molecule has 0 bridgehead atoms. The third-order valence-corrected chi connectivity index (χ3v) is 13.0. The van der Waals surface area contributed by atoms with Crippen molar-refractivity contribution in [2.24, 2.45) is 50.2 Å². The van der Waals surface area contributed by atoms with Gasteiger partial charge in [-0.1, -0.05) is 60.1 Å². The van der Waals surface area contributed by atoms with Crippen LogP contribution < -0.4 is 0 Å². The smallest absolute Gasteiger partial charge is 0.310 e. The normalized spacial score (nSPS) is 53.4. The van der Waals surface area contributed by atoms with Crippen LogP contribution in [0.15, 0.2) is 11.6 Å². The van der Waals surface area contributed by atoms with Crippen molar-refractivity contribution in [1.82, 2.24) is 0 Å². The number of aliphatic hydroxyl groups is 2. The lowest BCUT2D eigenvalue weighted by molar-refractivity contribution is -0.231. The Bertz CT molecular complexity index is 919. The minimum atomic E-state index is -0.679. The van der Waals surface area contributed by atoms with Crippen molar-refractivity contribution >= 4 is 5.97 Å². The van der Waals surface area contributed by atoms with E-state index in [-0.39, 0.29) is 33.0 Å². The number of fused-ring (bicyclic) bond motifs is 7. The summed E-state index contributed by atoms with van der Waals surface area (Å²) in [5.74, 6) is 0.365. The zero-order valence-corrected chi connectivity index (χ0v) is 22.6. The largest absolute Gasteiger partial charge is 0.481 e. The Balaban J connectivity index is 1.61. The van der Waals surface area contributed by atoms with Crippen LogP contribution in [-0.4, -0.2) is 33.5 Å². The fourth-order valence-corrected chi connectivity index (χ4v) is 10.8. The van der Waals surface area contributed by atoms with Gasteiger partial charge in [0.2, 0.25) is 0 Å². The van der Waals surface area contributed by atoms with Crippen molar-refractivity contribution in [2.45, 2.75) is 118 Å². The molecule has 0 spiro atoms. The number of carboxylic acid groups (broad SMARTS) is 1. The second-order valence-electron chi connectivity index (χ2n) is 15.2. The molecule has 0 heterocycles. The molecule has 5 aliphatic rings. The highest BCUT2D eigenvalue weighted by molar-refractivity contribution is 5.76. The summed E-state index contributed by atoms with van der Waals surface area (Å²) in [7, 11) is 0. The average Bonchev–Trinajstić information content (AvgIpc) is 2.72. The van der Waals surface area contributed by atoms with Crippen LogP contribution in [0.5, 0.6) is 0 Å². The molecule has 0 aromatic carbocycles. The molecule has 192 valence electrons. The fraction of sp³-hybridized carbons (Fsp3) is 0.900. The lowest BCUT2D eigenvalue weighted by Gasteiger charge is -2.71. The van der Waals surface area contributed by atoms with Gasteiger partial charge >= 0.3 is 5.97 Å². The highest BCUT2D eigenvalue weighted by atomic mass is 16.4. The van der Waals surface area contributed by atoms with Crippen molar-refractivity contribution < 1.29 is 20.1 Å². The van der Waals surface area contributed by atoms with Crippen LogP contribution in [0.1, 0.15) is 106 Å². The quantitative estimate of drug-likeness (QED) is 0.397. The first-order chi connectivity index (χ1) is 15.6. The Morgan fingerprint density at radius 2 is 1.53 bits per heavy atom. The van der Waals surface area contributed by atoms with Gasteiger partial charge in [0.1, 0.15) is 0 Å². The Morgan fingerprint density at radius 3 is 2.18 bits per heavy atom. The molecule has 4 fully saturated rings. The minimum absolute atomic E-state index is 0.00785. The number of carboxylic acids is 1. The first-order valence-electron chi connectivity index (χ1n) is 13.9. The highest BCUT2D eigenvalue weighted by Crippen LogP contribution is 2.75. The molecule has 4 nitrogen and oxygen atoms in total. The molecule has 4 heteroatoms. The van der Waals surface area contributed by atoms with Crippen LogP contribution in [0.25, 0.3) is 0 Å². The van der Waals surface area contributed by atoms with Gasteiger partial charge in [-0.05, 0) is 103 Å². The van der Waals surface area contributed by atoms with Crippen LogP contribution in [0.2, 0.25) is 0 Å². The summed E-state index contributed by atoms with van der Waals surface area (Å²) >= 11 is 0. The maximum Gasteiger partial charge on any atom is 0.310 e. The van der Waals surface area contributed by atoms with E-state index in [1.807, 2.05) is 0 Å². The van der Waals surface area contributed by atoms with E-state index in [4.69, 9.17) is 0 Å².